The average molecular weight is 1140 g/mol. The average Bonchev–Trinajstić information content (AvgIpc) is 3.98. The van der Waals surface area contributed by atoms with E-state index in [0.717, 1.165) is 96.4 Å². The van der Waals surface area contributed by atoms with Crippen molar-refractivity contribution in [2.75, 3.05) is 63.2 Å². The summed E-state index contributed by atoms with van der Waals surface area (Å²) in [5.41, 5.74) is 8.82. The Morgan fingerprint density at radius 3 is 2.47 bits per heavy atom. The van der Waals surface area contributed by atoms with Gasteiger partial charge in [-0.3, -0.25) is 29.7 Å². The van der Waals surface area contributed by atoms with Crippen molar-refractivity contribution in [1.82, 2.24) is 30.0 Å². The number of pyridine rings is 1. The molecule has 0 aliphatic carbocycles. The van der Waals surface area contributed by atoms with Crippen molar-refractivity contribution in [2.45, 2.75) is 78.2 Å². The number of hydrogen-bond acceptors (Lipinski definition) is 12. The van der Waals surface area contributed by atoms with Crippen molar-refractivity contribution in [3.05, 3.63) is 125 Å². The number of aryl methyl sites for hydroxylation is 1. The van der Waals surface area contributed by atoms with E-state index in [2.05, 4.69) is 68.4 Å². The van der Waals surface area contributed by atoms with Crippen LogP contribution < -0.4 is 23.5 Å². The molecule has 0 bridgehead atoms. The number of carbonyl (C=O) groups excluding carboxylic acids is 3. The number of alkyl halides is 2. The molecular weight excluding hydrogens is 1080 g/mol. The van der Waals surface area contributed by atoms with Gasteiger partial charge < -0.3 is 0 Å². The Hall–Kier alpha value is -6.44. The molecule has 0 saturated carbocycles. The van der Waals surface area contributed by atoms with E-state index in [4.69, 9.17) is 13.1 Å². The summed E-state index contributed by atoms with van der Waals surface area (Å²) in [4.78, 5) is 67.5. The maximum atomic E-state index is 13.7. The second-order valence-electron chi connectivity index (χ2n) is 21.3. The van der Waals surface area contributed by atoms with Crippen molar-refractivity contribution in [1.29, 1.82) is 0 Å². The molecule has 3 saturated heterocycles. The number of aromatic nitrogens is 4. The number of thiazole rings is 1. The number of piperazine rings is 1. The minimum atomic E-state index is -1.74. The number of hydrogen-bond donors (Lipinski definition) is 3. The van der Waals surface area contributed by atoms with Gasteiger partial charge in [0.2, 0.25) is 11.8 Å². The third-order valence-electron chi connectivity index (χ3n) is 15.7. The Balaban J connectivity index is 0.665. The molecule has 3 fully saturated rings. The summed E-state index contributed by atoms with van der Waals surface area (Å²) in [6.45, 7) is 12.9. The first-order chi connectivity index (χ1) is 36.2. The topological polar surface area (TPSA) is 175 Å². The maximum absolute atomic E-state index is 13.7. The number of carbonyl (C=O) groups is 4. The van der Waals surface area contributed by atoms with Crippen molar-refractivity contribution in [2.24, 2.45) is 18.4 Å². The number of anilines is 3. The molecule has 7 heterocycles. The Morgan fingerprint density at radius 1 is 0.880 bits per heavy atom. The van der Waals surface area contributed by atoms with Gasteiger partial charge in [-0.05, 0) is 42.8 Å². The quantitative estimate of drug-likeness (QED) is 0.0535. The van der Waals surface area contributed by atoms with Crippen LogP contribution in [0, 0.1) is 18.3 Å². The number of piperidine rings is 1. The first-order valence-corrected chi connectivity index (χ1v) is 30.9. The van der Waals surface area contributed by atoms with Crippen LogP contribution in [-0.2, 0) is 29.6 Å². The summed E-state index contributed by atoms with van der Waals surface area (Å²) in [6, 6.07) is 29.8. The number of rotatable bonds is 14. The molecule has 15 nitrogen and oxygen atoms in total. The van der Waals surface area contributed by atoms with Gasteiger partial charge in [0.1, 0.15) is 0 Å². The van der Waals surface area contributed by atoms with Gasteiger partial charge in [-0.2, -0.15) is 5.10 Å². The zero-order chi connectivity index (χ0) is 52.0. The monoisotopic (exact) mass is 1140 g/mol. The molecule has 3 amide bonds. The summed E-state index contributed by atoms with van der Waals surface area (Å²) in [5, 5.41) is 22.3. The summed E-state index contributed by atoms with van der Waals surface area (Å²) in [6.07, 6.45) is 6.32. The second kappa shape index (κ2) is 21.3. The van der Waals surface area contributed by atoms with Gasteiger partial charge in [-0.25, -0.2) is 4.98 Å². The van der Waals surface area contributed by atoms with E-state index < -0.39 is 32.1 Å². The van der Waals surface area contributed by atoms with Gasteiger partial charge in [0.05, 0.1) is 27.3 Å². The van der Waals surface area contributed by atoms with E-state index in [0.29, 0.717) is 60.3 Å². The van der Waals surface area contributed by atoms with Gasteiger partial charge >= 0.3 is 264 Å². The first-order valence-electron chi connectivity index (χ1n) is 26.2. The van der Waals surface area contributed by atoms with Gasteiger partial charge in [0.25, 0.3) is 5.91 Å². The van der Waals surface area contributed by atoms with E-state index in [1.54, 1.807) is 0 Å². The number of imide groups is 1. The SMILES string of the molecule is Cc1c(OI2CCC(CCC(C)(C)CN3CCN(c4ccc5c(C6CCC(=O)NC6=O)nn(C)c5c4)CC3)CC2)cccc1-c1ccc(N2CCc3cccc(C(=O)Nc4nc5ccccc5s4)c3C2)nc1C(=O)O. The molecule has 4 aliphatic heterocycles. The van der Waals surface area contributed by atoms with Crippen LogP contribution in [0.2, 0.25) is 0 Å². The van der Waals surface area contributed by atoms with Gasteiger partial charge in [0, 0.05) is 18.9 Å². The zero-order valence-electron chi connectivity index (χ0n) is 43.0. The number of carboxylic acids is 1. The number of para-hydroxylation sites is 1. The van der Waals surface area contributed by atoms with E-state index in [9.17, 15) is 24.3 Å². The fraction of sp³-hybridized carbons (Fsp3) is 0.397. The number of amides is 3. The molecule has 4 aliphatic rings. The molecule has 0 spiro atoms. The summed E-state index contributed by atoms with van der Waals surface area (Å²) >= 11 is -0.301. The molecule has 1 atom stereocenters. The normalized spacial score (nSPS) is 18.3. The zero-order valence-corrected chi connectivity index (χ0v) is 46.0. The Morgan fingerprint density at radius 2 is 1.68 bits per heavy atom. The van der Waals surface area contributed by atoms with Crippen LogP contribution in [0.15, 0.2) is 91.0 Å². The minimum absolute atomic E-state index is 0.00602. The van der Waals surface area contributed by atoms with Gasteiger partial charge in [-0.1, -0.05) is 35.6 Å². The number of nitrogens with one attached hydrogen (secondary N) is 2. The molecule has 3 N–H and O–H groups in total. The third kappa shape index (κ3) is 10.9. The van der Waals surface area contributed by atoms with E-state index >= 15 is 0 Å². The number of carboxylic acid groups (broad SMARTS) is 1. The molecule has 7 aromatic rings. The van der Waals surface area contributed by atoms with Crippen LogP contribution in [0.5, 0.6) is 5.75 Å². The molecule has 17 heteroatoms. The first kappa shape index (κ1) is 50.7. The van der Waals surface area contributed by atoms with Gasteiger partial charge in [0.15, 0.2) is 5.13 Å². The van der Waals surface area contributed by atoms with E-state index in [1.807, 2.05) is 85.4 Å². The van der Waals surface area contributed by atoms with Crippen LogP contribution >= 0.6 is 31.6 Å². The van der Waals surface area contributed by atoms with Crippen LogP contribution in [0.1, 0.15) is 102 Å². The molecule has 11 rings (SSSR count). The number of nitrogens with zero attached hydrogens (tertiary/aromatic N) is 7. The number of fused-ring (bicyclic) bond motifs is 3. The number of halogens is 1. The summed E-state index contributed by atoms with van der Waals surface area (Å²) < 4.78 is 12.0. The number of benzene rings is 4. The van der Waals surface area contributed by atoms with Crippen LogP contribution in [0.3, 0.4) is 0 Å². The molecular formula is C58H64IN9O6S. The molecule has 4 aromatic carbocycles. The van der Waals surface area contributed by atoms with Crippen molar-refractivity contribution in [3.63, 3.8) is 0 Å². The van der Waals surface area contributed by atoms with Crippen molar-refractivity contribution < 1.29 is 27.4 Å². The number of aromatic carboxylic acids is 1. The fourth-order valence-corrected chi connectivity index (χ4v) is 17.6. The van der Waals surface area contributed by atoms with Crippen LogP contribution in [0.25, 0.3) is 32.2 Å². The Kier molecular flexibility index (Phi) is 14.4. The summed E-state index contributed by atoms with van der Waals surface area (Å²) in [7, 11) is 1.92. The Labute approximate surface area is 449 Å². The second-order valence-corrected chi connectivity index (χ2v) is 27.3. The van der Waals surface area contributed by atoms with Gasteiger partial charge in [-0.15, -0.1) is 0 Å². The predicted molar refractivity (Wildman–Crippen MR) is 305 cm³/mol. The van der Waals surface area contributed by atoms with Crippen molar-refractivity contribution in [3.8, 4) is 16.9 Å². The predicted octanol–water partition coefficient (Wildman–Crippen LogP) is 10.4. The van der Waals surface area contributed by atoms with Crippen molar-refractivity contribution >= 4 is 93.0 Å². The molecule has 0 radical (unpaired) electrons. The van der Waals surface area contributed by atoms with E-state index in [-0.39, 0.29) is 28.8 Å². The van der Waals surface area contributed by atoms with Crippen LogP contribution in [-0.4, -0.2) is 102 Å². The fourth-order valence-electron chi connectivity index (χ4n) is 11.5. The Bertz CT molecular complexity index is 3310. The van der Waals surface area contributed by atoms with Crippen LogP contribution in [0.4, 0.5) is 16.6 Å². The summed E-state index contributed by atoms with van der Waals surface area (Å²) in [5.74, 6) is -0.0924. The standard InChI is InChI=1S/C58H64IN9O6S/c1-36-40(41-17-19-50(61-53(41)56(72)73)68-28-24-38-9-7-11-42(45(38)34-68)54(70)63-57-60-46-12-5-6-14-49(46)75-57)10-8-13-48(36)74-59-26-22-37(23-27-59)21-25-58(2,3)35-66-29-31-67(32-30-66)39-15-16-43-47(33-39)65(4)64-52(43)44-18-20-51(69)62-55(44)71/h5-17,19,33,37,44H,18,20-32,34-35H2,1-4H3,(H,72,73)(H,60,63,70)(H,62,69,71). The molecule has 1 unspecified atom stereocenters. The molecule has 390 valence electrons. The molecule has 75 heavy (non-hydrogen) atoms. The van der Waals surface area contributed by atoms with E-state index in [1.165, 1.54) is 42.7 Å². The molecule has 3 aromatic heterocycles. The third-order valence-corrected chi connectivity index (χ3v) is 21.4.